The summed E-state index contributed by atoms with van der Waals surface area (Å²) in [6.07, 6.45) is 1.58. The Hall–Kier alpha value is -2.21. The van der Waals surface area contributed by atoms with Gasteiger partial charge in [0, 0.05) is 26.9 Å². The van der Waals surface area contributed by atoms with Gasteiger partial charge in [0.1, 0.15) is 11.5 Å². The van der Waals surface area contributed by atoms with Crippen molar-refractivity contribution in [3.63, 3.8) is 0 Å². The van der Waals surface area contributed by atoms with Gasteiger partial charge in [-0.1, -0.05) is 12.1 Å². The molecule has 0 N–H and O–H groups in total. The number of amides is 1. The first-order valence-corrected chi connectivity index (χ1v) is 7.05. The van der Waals surface area contributed by atoms with Gasteiger partial charge >= 0.3 is 0 Å². The van der Waals surface area contributed by atoms with Crippen molar-refractivity contribution < 1.29 is 13.9 Å². The predicted molar refractivity (Wildman–Crippen MR) is 80.8 cm³/mol. The molecule has 0 radical (unpaired) electrons. The summed E-state index contributed by atoms with van der Waals surface area (Å²) in [6.45, 7) is 2.61. The lowest BCUT2D eigenvalue weighted by atomic mass is 10.1. The van der Waals surface area contributed by atoms with E-state index in [1.165, 1.54) is 16.8 Å². The number of methoxy groups -OCH3 is 1. The van der Waals surface area contributed by atoms with Crippen molar-refractivity contribution in [2.45, 2.75) is 19.5 Å². The largest absolute Gasteiger partial charge is 0.383 e. The summed E-state index contributed by atoms with van der Waals surface area (Å²) in [7, 11) is 3.31. The molecule has 0 saturated carbocycles. The molecule has 0 bridgehead atoms. The number of nitrogens with zero attached hydrogens (tertiary/aromatic N) is 3. The molecule has 1 heterocycles. The molecule has 2 aromatic rings. The third-order valence-electron chi connectivity index (χ3n) is 3.48. The lowest BCUT2D eigenvalue weighted by Gasteiger charge is -2.29. The normalized spacial score (nSPS) is 12.2. The minimum Gasteiger partial charge on any atom is -0.383 e. The highest BCUT2D eigenvalue weighted by atomic mass is 19.1. The van der Waals surface area contributed by atoms with Crippen molar-refractivity contribution in [3.8, 4) is 0 Å². The Balaban J connectivity index is 2.26. The van der Waals surface area contributed by atoms with E-state index in [9.17, 15) is 9.18 Å². The number of carbonyl (C=O) groups excluding carboxylic acids is 1. The van der Waals surface area contributed by atoms with E-state index in [-0.39, 0.29) is 17.8 Å². The first kappa shape index (κ1) is 16.2. The molecule has 0 aliphatic carbocycles. The van der Waals surface area contributed by atoms with Crippen LogP contribution in [0.25, 0.3) is 0 Å². The van der Waals surface area contributed by atoms with E-state index in [1.807, 2.05) is 6.92 Å². The molecular formula is C16H20FN3O2. The maximum atomic E-state index is 13.4. The summed E-state index contributed by atoms with van der Waals surface area (Å²) in [5.74, 6) is -0.473. The van der Waals surface area contributed by atoms with Gasteiger partial charge < -0.3 is 9.64 Å². The van der Waals surface area contributed by atoms with Gasteiger partial charge in [-0.15, -0.1) is 0 Å². The van der Waals surface area contributed by atoms with Crippen LogP contribution in [0.4, 0.5) is 4.39 Å². The fourth-order valence-corrected chi connectivity index (χ4v) is 2.32. The second kappa shape index (κ2) is 7.17. The van der Waals surface area contributed by atoms with Gasteiger partial charge in [0.2, 0.25) is 0 Å². The zero-order valence-electron chi connectivity index (χ0n) is 13.0. The van der Waals surface area contributed by atoms with Crippen molar-refractivity contribution in [2.24, 2.45) is 7.05 Å². The van der Waals surface area contributed by atoms with Crippen LogP contribution in [-0.2, 0) is 18.3 Å². The number of hydrogen-bond acceptors (Lipinski definition) is 3. The summed E-state index contributed by atoms with van der Waals surface area (Å²) < 4.78 is 20.0. The fraction of sp³-hybridized carbons (Fsp3) is 0.375. The van der Waals surface area contributed by atoms with E-state index in [2.05, 4.69) is 5.10 Å². The number of halogens is 1. The monoisotopic (exact) mass is 305 g/mol. The summed E-state index contributed by atoms with van der Waals surface area (Å²) in [6, 6.07) is 7.78. The van der Waals surface area contributed by atoms with Crippen molar-refractivity contribution in [2.75, 3.05) is 13.7 Å². The maximum absolute atomic E-state index is 13.4. The molecule has 0 unspecified atom stereocenters. The number of benzene rings is 1. The fourth-order valence-electron chi connectivity index (χ4n) is 2.32. The topological polar surface area (TPSA) is 47.4 Å². The molecule has 22 heavy (non-hydrogen) atoms. The Morgan fingerprint density at radius 2 is 2.23 bits per heavy atom. The summed E-state index contributed by atoms with van der Waals surface area (Å²) in [5.41, 5.74) is 1.22. The minimum absolute atomic E-state index is 0.143. The van der Waals surface area contributed by atoms with Crippen LogP contribution in [-0.4, -0.2) is 40.3 Å². The molecule has 0 spiro atoms. The second-order valence-electron chi connectivity index (χ2n) is 5.21. The molecule has 0 aliphatic rings. The van der Waals surface area contributed by atoms with Crippen LogP contribution in [0.1, 0.15) is 23.0 Å². The third-order valence-corrected chi connectivity index (χ3v) is 3.48. The number of aryl methyl sites for hydroxylation is 1. The predicted octanol–water partition coefficient (Wildman–Crippen LogP) is 2.24. The number of ether oxygens (including phenoxy) is 1. The molecule has 0 saturated heterocycles. The number of hydrogen-bond donors (Lipinski definition) is 0. The molecule has 0 fully saturated rings. The van der Waals surface area contributed by atoms with Gasteiger partial charge in [-0.2, -0.15) is 5.10 Å². The van der Waals surface area contributed by atoms with Crippen LogP contribution in [0.2, 0.25) is 0 Å². The zero-order chi connectivity index (χ0) is 16.1. The molecule has 1 aromatic heterocycles. The SMILES string of the molecule is COC[C@@H](C)N(Cc1cccc(F)c1)C(=O)c1ccnn1C. The molecular weight excluding hydrogens is 285 g/mol. The molecule has 5 nitrogen and oxygen atoms in total. The standard InChI is InChI=1S/C16H20FN3O2/c1-12(11-22-3)20(10-13-5-4-6-14(17)9-13)16(21)15-7-8-18-19(15)2/h4-9,12H,10-11H2,1-3H3/t12-/m1/s1. The average Bonchev–Trinajstić information content (AvgIpc) is 2.90. The molecule has 2 rings (SSSR count). The van der Waals surface area contributed by atoms with Crippen LogP contribution >= 0.6 is 0 Å². The Morgan fingerprint density at radius 3 is 2.82 bits per heavy atom. The van der Waals surface area contributed by atoms with Crippen LogP contribution in [0.15, 0.2) is 36.5 Å². The van der Waals surface area contributed by atoms with E-state index < -0.39 is 0 Å². The zero-order valence-corrected chi connectivity index (χ0v) is 13.0. The van der Waals surface area contributed by atoms with Crippen LogP contribution in [0, 0.1) is 5.82 Å². The van der Waals surface area contributed by atoms with Gasteiger partial charge in [-0.05, 0) is 30.7 Å². The smallest absolute Gasteiger partial charge is 0.272 e. The lowest BCUT2D eigenvalue weighted by Crippen LogP contribution is -2.41. The summed E-state index contributed by atoms with van der Waals surface area (Å²) in [4.78, 5) is 14.4. The Labute approximate surface area is 129 Å². The van der Waals surface area contributed by atoms with Crippen molar-refractivity contribution in [1.82, 2.24) is 14.7 Å². The lowest BCUT2D eigenvalue weighted by molar-refractivity contribution is 0.0531. The summed E-state index contributed by atoms with van der Waals surface area (Å²) >= 11 is 0. The van der Waals surface area contributed by atoms with E-state index in [4.69, 9.17) is 4.74 Å². The van der Waals surface area contributed by atoms with Crippen LogP contribution in [0.5, 0.6) is 0 Å². The molecule has 1 atom stereocenters. The number of carbonyl (C=O) groups is 1. The molecule has 1 amide bonds. The Morgan fingerprint density at radius 1 is 1.45 bits per heavy atom. The summed E-state index contributed by atoms with van der Waals surface area (Å²) in [5, 5.41) is 4.02. The van der Waals surface area contributed by atoms with Gasteiger partial charge in [0.25, 0.3) is 5.91 Å². The van der Waals surface area contributed by atoms with Gasteiger partial charge in [0.15, 0.2) is 0 Å². The highest BCUT2D eigenvalue weighted by Gasteiger charge is 2.24. The van der Waals surface area contributed by atoms with Crippen LogP contribution in [0.3, 0.4) is 0 Å². The van der Waals surface area contributed by atoms with E-state index in [0.717, 1.165) is 5.56 Å². The van der Waals surface area contributed by atoms with Gasteiger partial charge in [0.05, 0.1) is 12.6 Å². The first-order chi connectivity index (χ1) is 10.5. The van der Waals surface area contributed by atoms with E-state index in [0.29, 0.717) is 18.8 Å². The minimum atomic E-state index is -0.315. The highest BCUT2D eigenvalue weighted by Crippen LogP contribution is 2.14. The quantitative estimate of drug-likeness (QED) is 0.822. The highest BCUT2D eigenvalue weighted by molar-refractivity contribution is 5.92. The maximum Gasteiger partial charge on any atom is 0.272 e. The van der Waals surface area contributed by atoms with Crippen molar-refractivity contribution in [3.05, 3.63) is 53.6 Å². The molecule has 0 aliphatic heterocycles. The molecule has 6 heteroatoms. The van der Waals surface area contributed by atoms with E-state index >= 15 is 0 Å². The van der Waals surface area contributed by atoms with Crippen molar-refractivity contribution in [1.29, 1.82) is 0 Å². The second-order valence-corrected chi connectivity index (χ2v) is 5.21. The number of rotatable bonds is 6. The Kier molecular flexibility index (Phi) is 5.27. The van der Waals surface area contributed by atoms with Crippen LogP contribution < -0.4 is 0 Å². The number of aromatic nitrogens is 2. The third kappa shape index (κ3) is 3.71. The average molecular weight is 305 g/mol. The van der Waals surface area contributed by atoms with Gasteiger partial charge in [-0.25, -0.2) is 4.39 Å². The Bertz CT molecular complexity index is 642. The molecule has 1 aromatic carbocycles. The van der Waals surface area contributed by atoms with E-state index in [1.54, 1.807) is 43.5 Å². The molecule has 118 valence electrons. The van der Waals surface area contributed by atoms with Gasteiger partial charge in [-0.3, -0.25) is 9.48 Å². The van der Waals surface area contributed by atoms with Crippen molar-refractivity contribution >= 4 is 5.91 Å². The first-order valence-electron chi connectivity index (χ1n) is 7.05.